The molecule has 0 aliphatic heterocycles. The maximum Gasteiger partial charge on any atom is 0.417 e. The highest BCUT2D eigenvalue weighted by Crippen LogP contribution is 2.29. The van der Waals surface area contributed by atoms with E-state index in [4.69, 9.17) is 4.74 Å². The zero-order chi connectivity index (χ0) is 22.8. The van der Waals surface area contributed by atoms with E-state index < -0.39 is 29.3 Å². The molecule has 164 valence electrons. The molecule has 11 heteroatoms. The van der Waals surface area contributed by atoms with Crippen LogP contribution >= 0.6 is 0 Å². The van der Waals surface area contributed by atoms with Gasteiger partial charge in [-0.3, -0.25) is 14.5 Å². The van der Waals surface area contributed by atoms with E-state index in [-0.39, 0.29) is 23.6 Å². The van der Waals surface area contributed by atoms with E-state index in [0.717, 1.165) is 12.3 Å². The Morgan fingerprint density at radius 2 is 1.84 bits per heavy atom. The Kier molecular flexibility index (Phi) is 5.87. The van der Waals surface area contributed by atoms with Crippen molar-refractivity contribution in [1.29, 1.82) is 0 Å². The van der Waals surface area contributed by atoms with E-state index in [9.17, 15) is 22.8 Å². The number of carbonyl (C=O) groups is 2. The standard InChI is InChI=1S/C20H20F3N5O3/c1-19(2,3)31-18(30)25-14-6-4-5-12(9-14)17(29)24-10-16-27-26-15-8-7-13(11-28(15)16)20(21,22)23/h4-9,11H,10H2,1-3H3,(H,24,29)(H,25,30). The smallest absolute Gasteiger partial charge is 0.417 e. The van der Waals surface area contributed by atoms with Crippen LogP contribution in [0.2, 0.25) is 0 Å². The van der Waals surface area contributed by atoms with Gasteiger partial charge >= 0.3 is 12.3 Å². The lowest BCUT2D eigenvalue weighted by molar-refractivity contribution is -0.137. The predicted octanol–water partition coefficient (Wildman–Crippen LogP) is 4.03. The van der Waals surface area contributed by atoms with Crippen molar-refractivity contribution in [3.63, 3.8) is 0 Å². The topological polar surface area (TPSA) is 97.6 Å². The molecule has 0 unspecified atom stereocenters. The predicted molar refractivity (Wildman–Crippen MR) is 105 cm³/mol. The summed E-state index contributed by atoms with van der Waals surface area (Å²) in [7, 11) is 0. The molecule has 0 atom stereocenters. The largest absolute Gasteiger partial charge is 0.444 e. The average Bonchev–Trinajstić information content (AvgIpc) is 3.06. The second-order valence-electron chi connectivity index (χ2n) is 7.65. The molecule has 0 aliphatic carbocycles. The van der Waals surface area contributed by atoms with E-state index >= 15 is 0 Å². The Bertz CT molecular complexity index is 1120. The molecule has 31 heavy (non-hydrogen) atoms. The van der Waals surface area contributed by atoms with Crippen molar-refractivity contribution in [1.82, 2.24) is 19.9 Å². The van der Waals surface area contributed by atoms with Gasteiger partial charge in [-0.2, -0.15) is 13.2 Å². The van der Waals surface area contributed by atoms with Gasteiger partial charge in [-0.1, -0.05) is 6.07 Å². The molecule has 0 fully saturated rings. The summed E-state index contributed by atoms with van der Waals surface area (Å²) in [5.74, 6) is -0.367. The zero-order valence-corrected chi connectivity index (χ0v) is 16.9. The van der Waals surface area contributed by atoms with Crippen molar-refractivity contribution < 1.29 is 27.5 Å². The van der Waals surface area contributed by atoms with Gasteiger partial charge in [0.05, 0.1) is 12.1 Å². The number of ether oxygens (including phenoxy) is 1. The van der Waals surface area contributed by atoms with Crippen LogP contribution in [-0.2, 0) is 17.5 Å². The first-order valence-corrected chi connectivity index (χ1v) is 9.21. The minimum Gasteiger partial charge on any atom is -0.444 e. The van der Waals surface area contributed by atoms with E-state index in [1.165, 1.54) is 22.6 Å². The number of fused-ring (bicyclic) bond motifs is 1. The molecule has 0 aliphatic rings. The lowest BCUT2D eigenvalue weighted by Gasteiger charge is -2.19. The normalized spacial score (nSPS) is 11.9. The number of hydrogen-bond acceptors (Lipinski definition) is 5. The highest BCUT2D eigenvalue weighted by atomic mass is 19.4. The van der Waals surface area contributed by atoms with Crippen LogP contribution in [0.1, 0.15) is 42.5 Å². The Balaban J connectivity index is 1.69. The summed E-state index contributed by atoms with van der Waals surface area (Å²) < 4.78 is 45.2. The summed E-state index contributed by atoms with van der Waals surface area (Å²) >= 11 is 0. The van der Waals surface area contributed by atoms with E-state index in [1.54, 1.807) is 32.9 Å². The molecule has 0 bridgehead atoms. The maximum absolute atomic E-state index is 12.9. The van der Waals surface area contributed by atoms with E-state index in [2.05, 4.69) is 20.8 Å². The van der Waals surface area contributed by atoms with Crippen LogP contribution < -0.4 is 10.6 Å². The fraction of sp³-hybridized carbons (Fsp3) is 0.300. The first-order valence-electron chi connectivity index (χ1n) is 9.21. The number of pyridine rings is 1. The molecule has 0 saturated carbocycles. The summed E-state index contributed by atoms with van der Waals surface area (Å²) in [6, 6.07) is 8.25. The lowest BCUT2D eigenvalue weighted by atomic mass is 10.2. The molecule has 2 N–H and O–H groups in total. The van der Waals surface area contributed by atoms with Crippen LogP contribution in [0.5, 0.6) is 0 Å². The van der Waals surface area contributed by atoms with Crippen LogP contribution in [-0.4, -0.2) is 32.2 Å². The minimum atomic E-state index is -4.51. The van der Waals surface area contributed by atoms with Gasteiger partial charge in [0, 0.05) is 17.4 Å². The third kappa shape index (κ3) is 5.71. The summed E-state index contributed by atoms with van der Waals surface area (Å²) in [6.07, 6.45) is -4.30. The van der Waals surface area contributed by atoms with Crippen LogP contribution in [0.15, 0.2) is 42.6 Å². The number of nitrogens with zero attached hydrogens (tertiary/aromatic N) is 3. The number of nitrogens with one attached hydrogen (secondary N) is 2. The van der Waals surface area contributed by atoms with Gasteiger partial charge in [-0.25, -0.2) is 4.79 Å². The number of halogens is 3. The van der Waals surface area contributed by atoms with Crippen molar-refractivity contribution in [2.45, 2.75) is 39.1 Å². The fourth-order valence-corrected chi connectivity index (χ4v) is 2.65. The molecule has 3 aromatic rings. The third-order valence-electron chi connectivity index (χ3n) is 3.98. The number of aromatic nitrogens is 3. The molecule has 3 rings (SSSR count). The monoisotopic (exact) mass is 435 g/mol. The van der Waals surface area contributed by atoms with Crippen molar-refractivity contribution in [3.8, 4) is 0 Å². The van der Waals surface area contributed by atoms with Gasteiger partial charge in [0.15, 0.2) is 11.5 Å². The van der Waals surface area contributed by atoms with Gasteiger partial charge in [0.25, 0.3) is 5.91 Å². The Morgan fingerprint density at radius 1 is 1.10 bits per heavy atom. The molecule has 0 spiro atoms. The Labute approximate surface area is 175 Å². The quantitative estimate of drug-likeness (QED) is 0.645. The molecule has 2 aromatic heterocycles. The Morgan fingerprint density at radius 3 is 2.52 bits per heavy atom. The molecule has 2 heterocycles. The highest BCUT2D eigenvalue weighted by Gasteiger charge is 2.31. The number of carbonyl (C=O) groups excluding carboxylic acids is 2. The number of rotatable bonds is 4. The molecular formula is C20H20F3N5O3. The highest BCUT2D eigenvalue weighted by molar-refractivity contribution is 5.96. The van der Waals surface area contributed by atoms with E-state index in [0.29, 0.717) is 5.69 Å². The first-order chi connectivity index (χ1) is 14.4. The van der Waals surface area contributed by atoms with Crippen molar-refractivity contribution >= 4 is 23.3 Å². The van der Waals surface area contributed by atoms with Gasteiger partial charge in [0.1, 0.15) is 5.60 Å². The number of anilines is 1. The molecule has 1 aromatic carbocycles. The van der Waals surface area contributed by atoms with Crippen LogP contribution in [0.3, 0.4) is 0 Å². The summed E-state index contributed by atoms with van der Waals surface area (Å²) in [4.78, 5) is 24.4. The third-order valence-corrected chi connectivity index (χ3v) is 3.98. The fourth-order valence-electron chi connectivity index (χ4n) is 2.65. The maximum atomic E-state index is 12.9. The number of amides is 2. The van der Waals surface area contributed by atoms with Crippen molar-refractivity contribution in [2.24, 2.45) is 0 Å². The Hall–Kier alpha value is -3.63. The molecule has 0 saturated heterocycles. The minimum absolute atomic E-state index is 0.137. The second kappa shape index (κ2) is 8.25. The van der Waals surface area contributed by atoms with Crippen molar-refractivity contribution in [2.75, 3.05) is 5.32 Å². The summed E-state index contributed by atoms with van der Waals surface area (Å²) in [6.45, 7) is 5.03. The van der Waals surface area contributed by atoms with Gasteiger partial charge < -0.3 is 10.1 Å². The van der Waals surface area contributed by atoms with Gasteiger partial charge in [0.2, 0.25) is 0 Å². The van der Waals surface area contributed by atoms with Crippen molar-refractivity contribution in [3.05, 3.63) is 59.5 Å². The van der Waals surface area contributed by atoms with Crippen LogP contribution in [0.4, 0.5) is 23.7 Å². The molecule has 2 amide bonds. The average molecular weight is 435 g/mol. The second-order valence-corrected chi connectivity index (χ2v) is 7.65. The number of alkyl halides is 3. The number of benzene rings is 1. The lowest BCUT2D eigenvalue weighted by Crippen LogP contribution is -2.27. The SMILES string of the molecule is CC(C)(C)OC(=O)Nc1cccc(C(=O)NCc2nnc3ccc(C(F)(F)F)cn23)c1. The van der Waals surface area contributed by atoms with Gasteiger partial charge in [-0.05, 0) is 51.1 Å². The zero-order valence-electron chi connectivity index (χ0n) is 16.9. The molecule has 0 radical (unpaired) electrons. The van der Waals surface area contributed by atoms with Crippen LogP contribution in [0, 0.1) is 0 Å². The first kappa shape index (κ1) is 22.1. The summed E-state index contributed by atoms with van der Waals surface area (Å²) in [5.41, 5.74) is -0.719. The number of hydrogen-bond donors (Lipinski definition) is 2. The molecular weight excluding hydrogens is 415 g/mol. The summed E-state index contributed by atoms with van der Waals surface area (Å²) in [5, 5.41) is 12.8. The molecule has 8 nitrogen and oxygen atoms in total. The van der Waals surface area contributed by atoms with Gasteiger partial charge in [-0.15, -0.1) is 10.2 Å². The van der Waals surface area contributed by atoms with E-state index in [1.807, 2.05) is 0 Å². The van der Waals surface area contributed by atoms with Crippen LogP contribution in [0.25, 0.3) is 5.65 Å².